The van der Waals surface area contributed by atoms with Gasteiger partial charge in [0, 0.05) is 6.07 Å². The van der Waals surface area contributed by atoms with E-state index in [1.807, 2.05) is 0 Å². The van der Waals surface area contributed by atoms with Crippen LogP contribution in [0, 0.1) is 23.5 Å². The number of rotatable bonds is 1. The van der Waals surface area contributed by atoms with Crippen LogP contribution >= 0.6 is 0 Å². The van der Waals surface area contributed by atoms with Crippen LogP contribution in [-0.4, -0.2) is 17.6 Å². The SMILES string of the molecule is NCC#Cc1cc(C(=O)O)c(F)cc1F. The standard InChI is InChI=1S/C10H7F2NO2/c11-8-5-9(12)7(10(14)15)4-6(8)2-1-3-13/h4-5H,3,13H2,(H,14,15). The lowest BCUT2D eigenvalue weighted by atomic mass is 10.1. The molecule has 1 aromatic carbocycles. The molecule has 78 valence electrons. The first-order valence-corrected chi connectivity index (χ1v) is 3.97. The van der Waals surface area contributed by atoms with Crippen molar-refractivity contribution in [3.63, 3.8) is 0 Å². The molecule has 1 rings (SSSR count). The Labute approximate surface area is 84.5 Å². The van der Waals surface area contributed by atoms with E-state index in [2.05, 4.69) is 11.8 Å². The van der Waals surface area contributed by atoms with Crippen LogP contribution in [0.2, 0.25) is 0 Å². The van der Waals surface area contributed by atoms with Gasteiger partial charge in [-0.1, -0.05) is 11.8 Å². The molecule has 0 radical (unpaired) electrons. The number of carboxylic acid groups (broad SMARTS) is 1. The zero-order chi connectivity index (χ0) is 11.4. The van der Waals surface area contributed by atoms with E-state index in [1.165, 1.54) is 0 Å². The molecule has 0 spiro atoms. The number of aromatic carboxylic acids is 1. The maximum Gasteiger partial charge on any atom is 0.338 e. The Bertz CT molecular complexity index is 460. The second-order valence-corrected chi connectivity index (χ2v) is 2.62. The molecule has 0 saturated carbocycles. The minimum Gasteiger partial charge on any atom is -0.478 e. The van der Waals surface area contributed by atoms with E-state index in [0.29, 0.717) is 6.07 Å². The molecule has 1 aromatic rings. The monoisotopic (exact) mass is 211 g/mol. The highest BCUT2D eigenvalue weighted by molar-refractivity contribution is 5.88. The van der Waals surface area contributed by atoms with Crippen molar-refractivity contribution in [2.24, 2.45) is 5.73 Å². The highest BCUT2D eigenvalue weighted by Gasteiger charge is 2.13. The third kappa shape index (κ3) is 2.51. The first kappa shape index (κ1) is 11.1. The lowest BCUT2D eigenvalue weighted by Crippen LogP contribution is -2.03. The molecule has 0 aliphatic carbocycles. The molecule has 0 bridgehead atoms. The number of hydrogen-bond acceptors (Lipinski definition) is 2. The van der Waals surface area contributed by atoms with Gasteiger partial charge in [0.25, 0.3) is 0 Å². The molecule has 0 saturated heterocycles. The summed E-state index contributed by atoms with van der Waals surface area (Å²) < 4.78 is 26.0. The van der Waals surface area contributed by atoms with Gasteiger partial charge in [0.2, 0.25) is 0 Å². The second kappa shape index (κ2) is 4.53. The van der Waals surface area contributed by atoms with Crippen LogP contribution in [0.15, 0.2) is 12.1 Å². The lowest BCUT2D eigenvalue weighted by molar-refractivity contribution is 0.0691. The summed E-state index contributed by atoms with van der Waals surface area (Å²) >= 11 is 0. The van der Waals surface area contributed by atoms with Crippen molar-refractivity contribution < 1.29 is 18.7 Å². The Morgan fingerprint density at radius 1 is 1.40 bits per heavy atom. The summed E-state index contributed by atoms with van der Waals surface area (Å²) in [5.41, 5.74) is 4.27. The maximum absolute atomic E-state index is 13.0. The molecule has 15 heavy (non-hydrogen) atoms. The van der Waals surface area contributed by atoms with Crippen LogP contribution in [-0.2, 0) is 0 Å². The molecular formula is C10H7F2NO2. The second-order valence-electron chi connectivity index (χ2n) is 2.62. The van der Waals surface area contributed by atoms with Crippen LogP contribution in [0.25, 0.3) is 0 Å². The van der Waals surface area contributed by atoms with Crippen molar-refractivity contribution in [3.8, 4) is 11.8 Å². The third-order valence-electron chi connectivity index (χ3n) is 1.61. The number of benzene rings is 1. The molecule has 0 unspecified atom stereocenters. The fourth-order valence-electron chi connectivity index (χ4n) is 0.955. The van der Waals surface area contributed by atoms with Gasteiger partial charge in [-0.15, -0.1) is 0 Å². The Balaban J connectivity index is 3.29. The van der Waals surface area contributed by atoms with E-state index in [9.17, 15) is 13.6 Å². The van der Waals surface area contributed by atoms with E-state index in [-0.39, 0.29) is 12.1 Å². The summed E-state index contributed by atoms with van der Waals surface area (Å²) in [5, 5.41) is 8.57. The van der Waals surface area contributed by atoms with Crippen molar-refractivity contribution in [1.82, 2.24) is 0 Å². The van der Waals surface area contributed by atoms with Gasteiger partial charge in [0.15, 0.2) is 0 Å². The van der Waals surface area contributed by atoms with Gasteiger partial charge in [-0.05, 0) is 6.07 Å². The largest absolute Gasteiger partial charge is 0.478 e. The van der Waals surface area contributed by atoms with Crippen molar-refractivity contribution in [2.75, 3.05) is 6.54 Å². The molecule has 3 nitrogen and oxygen atoms in total. The Kier molecular flexibility index (Phi) is 3.37. The highest BCUT2D eigenvalue weighted by atomic mass is 19.1. The molecule has 0 atom stereocenters. The Hall–Kier alpha value is -1.93. The molecule has 0 heterocycles. The average molecular weight is 211 g/mol. The summed E-state index contributed by atoms with van der Waals surface area (Å²) in [6, 6.07) is 1.33. The number of halogens is 2. The number of nitrogens with two attached hydrogens (primary N) is 1. The van der Waals surface area contributed by atoms with Gasteiger partial charge in [-0.25, -0.2) is 13.6 Å². The van der Waals surface area contributed by atoms with Crippen LogP contribution in [0.5, 0.6) is 0 Å². The van der Waals surface area contributed by atoms with Crippen molar-refractivity contribution >= 4 is 5.97 Å². The van der Waals surface area contributed by atoms with E-state index < -0.39 is 23.2 Å². The summed E-state index contributed by atoms with van der Waals surface area (Å²) in [7, 11) is 0. The molecule has 3 N–H and O–H groups in total. The predicted octanol–water partition coefficient (Wildman–Crippen LogP) is 0.973. The summed E-state index contributed by atoms with van der Waals surface area (Å²) in [5.74, 6) is 1.17. The minimum absolute atomic E-state index is 0.0131. The molecule has 0 aromatic heterocycles. The van der Waals surface area contributed by atoms with E-state index in [0.717, 1.165) is 6.07 Å². The average Bonchev–Trinajstić information content (AvgIpc) is 2.16. The van der Waals surface area contributed by atoms with Crippen LogP contribution in [0.3, 0.4) is 0 Å². The lowest BCUT2D eigenvalue weighted by Gasteiger charge is -1.99. The maximum atomic E-state index is 13.0. The highest BCUT2D eigenvalue weighted by Crippen LogP contribution is 2.14. The van der Waals surface area contributed by atoms with Gasteiger partial charge in [0.05, 0.1) is 17.7 Å². The fourth-order valence-corrected chi connectivity index (χ4v) is 0.955. The topological polar surface area (TPSA) is 63.3 Å². The molecule has 5 heteroatoms. The van der Waals surface area contributed by atoms with Gasteiger partial charge in [0.1, 0.15) is 11.6 Å². The number of carbonyl (C=O) groups is 1. The first-order valence-electron chi connectivity index (χ1n) is 3.97. The van der Waals surface area contributed by atoms with Crippen molar-refractivity contribution in [3.05, 3.63) is 34.9 Å². The molecule has 0 aliphatic rings. The predicted molar refractivity (Wildman–Crippen MR) is 49.2 cm³/mol. The Morgan fingerprint density at radius 3 is 2.60 bits per heavy atom. The first-order chi connectivity index (χ1) is 7.06. The van der Waals surface area contributed by atoms with Crippen LogP contribution < -0.4 is 5.73 Å². The zero-order valence-corrected chi connectivity index (χ0v) is 7.55. The van der Waals surface area contributed by atoms with Gasteiger partial charge in [-0.2, -0.15) is 0 Å². The van der Waals surface area contributed by atoms with E-state index in [4.69, 9.17) is 10.8 Å². The van der Waals surface area contributed by atoms with Gasteiger partial charge >= 0.3 is 5.97 Å². The van der Waals surface area contributed by atoms with E-state index >= 15 is 0 Å². The third-order valence-corrected chi connectivity index (χ3v) is 1.61. The van der Waals surface area contributed by atoms with Crippen molar-refractivity contribution in [1.29, 1.82) is 0 Å². The quantitative estimate of drug-likeness (QED) is 0.680. The van der Waals surface area contributed by atoms with Crippen LogP contribution in [0.4, 0.5) is 8.78 Å². The normalized spacial score (nSPS) is 9.27. The van der Waals surface area contributed by atoms with Crippen LogP contribution in [0.1, 0.15) is 15.9 Å². The fraction of sp³-hybridized carbons (Fsp3) is 0.100. The van der Waals surface area contributed by atoms with Gasteiger partial charge < -0.3 is 10.8 Å². The van der Waals surface area contributed by atoms with Crippen molar-refractivity contribution in [2.45, 2.75) is 0 Å². The van der Waals surface area contributed by atoms with E-state index in [1.54, 1.807) is 0 Å². The summed E-state index contributed by atoms with van der Waals surface area (Å²) in [6.07, 6.45) is 0. The Morgan fingerprint density at radius 2 is 2.07 bits per heavy atom. The summed E-state index contributed by atoms with van der Waals surface area (Å²) in [4.78, 5) is 10.5. The molecule has 0 aliphatic heterocycles. The zero-order valence-electron chi connectivity index (χ0n) is 7.55. The summed E-state index contributed by atoms with van der Waals surface area (Å²) in [6.45, 7) is 0.0131. The molecule has 0 fully saturated rings. The van der Waals surface area contributed by atoms with Gasteiger partial charge in [-0.3, -0.25) is 0 Å². The smallest absolute Gasteiger partial charge is 0.338 e. The number of hydrogen-bond donors (Lipinski definition) is 2. The molecule has 0 amide bonds. The number of carboxylic acids is 1. The molecular weight excluding hydrogens is 204 g/mol. The minimum atomic E-state index is -1.47.